The van der Waals surface area contributed by atoms with Gasteiger partial charge in [0.25, 0.3) is 0 Å². The van der Waals surface area contributed by atoms with Crippen molar-refractivity contribution in [1.82, 2.24) is 14.5 Å². The number of nitrogens with two attached hydrogens (primary N) is 1. The summed E-state index contributed by atoms with van der Waals surface area (Å²) in [5.41, 5.74) is 5.86. The summed E-state index contributed by atoms with van der Waals surface area (Å²) in [6, 6.07) is 0. The predicted molar refractivity (Wildman–Crippen MR) is 65.9 cm³/mol. The molecule has 1 heterocycles. The lowest BCUT2D eigenvalue weighted by Crippen LogP contribution is -2.23. The Morgan fingerprint density at radius 1 is 1.50 bits per heavy atom. The normalized spacial score (nSPS) is 10.2. The van der Waals surface area contributed by atoms with E-state index in [0.29, 0.717) is 13.0 Å². The lowest BCUT2D eigenvalue weighted by atomic mass is 10.3. The average molecular weight is 254 g/mol. The number of carbonyl (C=O) groups is 2. The lowest BCUT2D eigenvalue weighted by molar-refractivity contribution is -0.128. The van der Waals surface area contributed by atoms with Crippen LogP contribution in [-0.4, -0.2) is 47.0 Å². The largest absolute Gasteiger partial charge is 0.461 e. The minimum atomic E-state index is -0.548. The zero-order valence-electron chi connectivity index (χ0n) is 10.8. The minimum Gasteiger partial charge on any atom is -0.461 e. The minimum absolute atomic E-state index is 0.0132. The highest BCUT2D eigenvalue weighted by Gasteiger charge is 2.17. The fourth-order valence-electron chi connectivity index (χ4n) is 1.37. The van der Waals surface area contributed by atoms with E-state index in [0.717, 1.165) is 0 Å². The second-order valence-electron chi connectivity index (χ2n) is 3.93. The third-order valence-electron chi connectivity index (χ3n) is 2.41. The van der Waals surface area contributed by atoms with Crippen LogP contribution < -0.4 is 5.73 Å². The molecule has 0 spiro atoms. The van der Waals surface area contributed by atoms with Gasteiger partial charge in [0.2, 0.25) is 5.91 Å². The fourth-order valence-corrected chi connectivity index (χ4v) is 1.37. The molecule has 100 valence electrons. The van der Waals surface area contributed by atoms with Crippen LogP contribution in [0.1, 0.15) is 23.8 Å². The summed E-state index contributed by atoms with van der Waals surface area (Å²) in [6.07, 6.45) is 1.74. The molecule has 1 rings (SSSR count). The van der Waals surface area contributed by atoms with Crippen LogP contribution in [-0.2, 0) is 16.1 Å². The summed E-state index contributed by atoms with van der Waals surface area (Å²) in [4.78, 5) is 28.3. The number of esters is 1. The van der Waals surface area contributed by atoms with E-state index < -0.39 is 5.97 Å². The highest BCUT2D eigenvalue weighted by molar-refractivity contribution is 5.92. The average Bonchev–Trinajstić information content (AvgIpc) is 2.67. The first kappa shape index (κ1) is 14.0. The quantitative estimate of drug-likeness (QED) is 0.754. The number of anilines is 1. The molecule has 0 aliphatic rings. The number of nitrogens with zero attached hydrogens (tertiary/aromatic N) is 3. The number of carbonyl (C=O) groups excluding carboxylic acids is 2. The number of aryl methyl sites for hydroxylation is 1. The summed E-state index contributed by atoms with van der Waals surface area (Å²) in [5, 5.41) is 0. The molecule has 0 aliphatic heterocycles. The van der Waals surface area contributed by atoms with Crippen LogP contribution in [0.3, 0.4) is 0 Å². The SMILES string of the molecule is CCOC(=O)c1ncn(CCC(=O)N(C)C)c1N. The van der Waals surface area contributed by atoms with Gasteiger partial charge < -0.3 is 19.9 Å². The van der Waals surface area contributed by atoms with Crippen molar-refractivity contribution in [2.45, 2.75) is 19.9 Å². The van der Waals surface area contributed by atoms with E-state index in [1.807, 2.05) is 0 Å². The molecule has 0 fully saturated rings. The Hall–Kier alpha value is -2.05. The zero-order chi connectivity index (χ0) is 13.7. The van der Waals surface area contributed by atoms with E-state index in [2.05, 4.69) is 4.98 Å². The highest BCUT2D eigenvalue weighted by Crippen LogP contribution is 2.12. The van der Waals surface area contributed by atoms with E-state index >= 15 is 0 Å². The number of nitrogen functional groups attached to an aromatic ring is 1. The number of hydrogen-bond donors (Lipinski definition) is 1. The van der Waals surface area contributed by atoms with Gasteiger partial charge in [-0.05, 0) is 6.92 Å². The van der Waals surface area contributed by atoms with E-state index in [9.17, 15) is 9.59 Å². The Labute approximate surface area is 106 Å². The van der Waals surface area contributed by atoms with Crippen molar-refractivity contribution >= 4 is 17.7 Å². The topological polar surface area (TPSA) is 90.4 Å². The maximum Gasteiger partial charge on any atom is 0.360 e. The first-order valence-corrected chi connectivity index (χ1v) is 5.65. The summed E-state index contributed by atoms with van der Waals surface area (Å²) >= 11 is 0. The molecule has 0 bridgehead atoms. The van der Waals surface area contributed by atoms with Gasteiger partial charge in [-0.1, -0.05) is 0 Å². The fraction of sp³-hybridized carbons (Fsp3) is 0.545. The Morgan fingerprint density at radius 3 is 2.72 bits per heavy atom. The van der Waals surface area contributed by atoms with Crippen molar-refractivity contribution in [3.05, 3.63) is 12.0 Å². The van der Waals surface area contributed by atoms with Gasteiger partial charge in [0.1, 0.15) is 5.82 Å². The molecule has 0 aliphatic carbocycles. The standard InChI is InChI=1S/C11H18N4O3/c1-4-18-11(17)9-10(12)15(7-13-9)6-5-8(16)14(2)3/h7H,4-6,12H2,1-3H3. The molecule has 7 nitrogen and oxygen atoms in total. The van der Waals surface area contributed by atoms with Crippen LogP contribution in [0, 0.1) is 0 Å². The maximum atomic E-state index is 11.5. The summed E-state index contributed by atoms with van der Waals surface area (Å²) < 4.78 is 6.38. The predicted octanol–water partition coefficient (Wildman–Crippen LogP) is 0.120. The Balaban J connectivity index is 2.69. The van der Waals surface area contributed by atoms with Crippen LogP contribution in [0.5, 0.6) is 0 Å². The van der Waals surface area contributed by atoms with E-state index in [1.165, 1.54) is 11.2 Å². The summed E-state index contributed by atoms with van der Waals surface area (Å²) in [5.74, 6) is -0.339. The Bertz CT molecular complexity index is 439. The molecule has 0 unspecified atom stereocenters. The smallest absolute Gasteiger partial charge is 0.360 e. The van der Waals surface area contributed by atoms with Gasteiger partial charge in [-0.3, -0.25) is 4.79 Å². The third-order valence-corrected chi connectivity index (χ3v) is 2.41. The van der Waals surface area contributed by atoms with Crippen LogP contribution in [0.4, 0.5) is 5.82 Å². The molecular formula is C11H18N4O3. The van der Waals surface area contributed by atoms with E-state index in [1.54, 1.807) is 25.6 Å². The Kier molecular flexibility index (Phi) is 4.70. The molecule has 0 saturated carbocycles. The van der Waals surface area contributed by atoms with Gasteiger partial charge in [-0.15, -0.1) is 0 Å². The number of hydrogen-bond acceptors (Lipinski definition) is 5. The molecule has 0 aromatic carbocycles. The van der Waals surface area contributed by atoms with Crippen molar-refractivity contribution in [3.8, 4) is 0 Å². The molecule has 1 aromatic heterocycles. The van der Waals surface area contributed by atoms with Gasteiger partial charge in [-0.25, -0.2) is 9.78 Å². The second-order valence-corrected chi connectivity index (χ2v) is 3.93. The van der Waals surface area contributed by atoms with Crippen LogP contribution in [0.2, 0.25) is 0 Å². The number of aromatic nitrogens is 2. The van der Waals surface area contributed by atoms with Crippen LogP contribution in [0.15, 0.2) is 6.33 Å². The monoisotopic (exact) mass is 254 g/mol. The lowest BCUT2D eigenvalue weighted by Gasteiger charge is -2.10. The molecule has 1 amide bonds. The van der Waals surface area contributed by atoms with Gasteiger partial charge in [0.15, 0.2) is 5.69 Å². The van der Waals surface area contributed by atoms with Crippen molar-refractivity contribution in [2.75, 3.05) is 26.4 Å². The highest BCUT2D eigenvalue weighted by atomic mass is 16.5. The summed E-state index contributed by atoms with van der Waals surface area (Å²) in [6.45, 7) is 2.36. The van der Waals surface area contributed by atoms with Crippen LogP contribution >= 0.6 is 0 Å². The number of imidazole rings is 1. The molecule has 2 N–H and O–H groups in total. The van der Waals surface area contributed by atoms with Gasteiger partial charge in [0, 0.05) is 27.1 Å². The molecule has 0 radical (unpaired) electrons. The molecular weight excluding hydrogens is 236 g/mol. The van der Waals surface area contributed by atoms with E-state index in [-0.39, 0.29) is 24.0 Å². The molecule has 1 aromatic rings. The van der Waals surface area contributed by atoms with Gasteiger partial charge in [0.05, 0.1) is 12.9 Å². The van der Waals surface area contributed by atoms with Gasteiger partial charge >= 0.3 is 5.97 Å². The first-order valence-electron chi connectivity index (χ1n) is 5.65. The first-order chi connectivity index (χ1) is 8.47. The van der Waals surface area contributed by atoms with E-state index in [4.69, 9.17) is 10.5 Å². The Morgan fingerprint density at radius 2 is 2.17 bits per heavy atom. The third kappa shape index (κ3) is 3.22. The molecule has 0 atom stereocenters. The zero-order valence-corrected chi connectivity index (χ0v) is 10.8. The molecule has 18 heavy (non-hydrogen) atoms. The van der Waals surface area contributed by atoms with Crippen molar-refractivity contribution in [2.24, 2.45) is 0 Å². The van der Waals surface area contributed by atoms with Crippen LogP contribution in [0.25, 0.3) is 0 Å². The maximum absolute atomic E-state index is 11.5. The van der Waals surface area contributed by atoms with Crippen molar-refractivity contribution < 1.29 is 14.3 Å². The second kappa shape index (κ2) is 6.04. The molecule has 0 saturated heterocycles. The summed E-state index contributed by atoms with van der Waals surface area (Å²) in [7, 11) is 3.37. The molecule has 7 heteroatoms. The number of rotatable bonds is 5. The van der Waals surface area contributed by atoms with Crippen molar-refractivity contribution in [1.29, 1.82) is 0 Å². The number of ether oxygens (including phenoxy) is 1. The van der Waals surface area contributed by atoms with Gasteiger partial charge in [-0.2, -0.15) is 0 Å². The number of amides is 1. The van der Waals surface area contributed by atoms with Crippen molar-refractivity contribution in [3.63, 3.8) is 0 Å².